The van der Waals surface area contributed by atoms with E-state index in [4.69, 9.17) is 15.6 Å². The Bertz CT molecular complexity index is 489. The molecule has 1 saturated heterocycles. The second-order valence-corrected chi connectivity index (χ2v) is 4.37. The molecule has 1 unspecified atom stereocenters. The first kappa shape index (κ1) is 13.2. The van der Waals surface area contributed by atoms with E-state index in [-0.39, 0.29) is 18.9 Å². The highest BCUT2D eigenvalue weighted by Gasteiger charge is 2.33. The van der Waals surface area contributed by atoms with Gasteiger partial charge in [-0.1, -0.05) is 12.1 Å². The van der Waals surface area contributed by atoms with Gasteiger partial charge in [-0.25, -0.2) is 4.79 Å². The number of ether oxygens (including phenoxy) is 1. The van der Waals surface area contributed by atoms with Crippen LogP contribution in [0.3, 0.4) is 0 Å². The van der Waals surface area contributed by atoms with Gasteiger partial charge in [0, 0.05) is 13.0 Å². The molecule has 1 aromatic carbocycles. The number of para-hydroxylation sites is 2. The first-order chi connectivity index (χ1) is 9.09. The number of carbonyl (C=O) groups excluding carboxylic acids is 1. The largest absolute Gasteiger partial charge is 0.481 e. The van der Waals surface area contributed by atoms with Gasteiger partial charge in [0.25, 0.3) is 0 Å². The highest BCUT2D eigenvalue weighted by Crippen LogP contribution is 2.28. The van der Waals surface area contributed by atoms with E-state index in [1.807, 2.05) is 0 Å². The number of esters is 1. The van der Waals surface area contributed by atoms with E-state index in [1.54, 1.807) is 29.2 Å². The van der Waals surface area contributed by atoms with Crippen molar-refractivity contribution in [3.63, 3.8) is 0 Å². The van der Waals surface area contributed by atoms with Crippen LogP contribution in [0.15, 0.2) is 24.3 Å². The lowest BCUT2D eigenvalue weighted by molar-refractivity contribution is -0.140. The Balaban J connectivity index is 2.25. The Morgan fingerprint density at radius 1 is 1.47 bits per heavy atom. The fourth-order valence-corrected chi connectivity index (χ4v) is 2.18. The minimum atomic E-state index is -0.911. The molecule has 0 aliphatic carbocycles. The fourth-order valence-electron chi connectivity index (χ4n) is 2.18. The second-order valence-electron chi connectivity index (χ2n) is 4.37. The number of nitrogen functional groups attached to an aromatic ring is 1. The molecule has 1 heterocycles. The summed E-state index contributed by atoms with van der Waals surface area (Å²) in [6.45, 7) is 0.586. The number of benzene rings is 1. The van der Waals surface area contributed by atoms with E-state index in [9.17, 15) is 9.59 Å². The van der Waals surface area contributed by atoms with Crippen molar-refractivity contribution in [2.24, 2.45) is 0 Å². The van der Waals surface area contributed by atoms with Crippen LogP contribution in [0.2, 0.25) is 0 Å². The van der Waals surface area contributed by atoms with Crippen molar-refractivity contribution in [2.45, 2.75) is 18.9 Å². The number of carbonyl (C=O) groups is 2. The zero-order valence-corrected chi connectivity index (χ0v) is 10.4. The van der Waals surface area contributed by atoms with Gasteiger partial charge in [-0.05, 0) is 12.1 Å². The third kappa shape index (κ3) is 2.96. The van der Waals surface area contributed by atoms with Crippen LogP contribution in [0, 0.1) is 0 Å². The maximum Gasteiger partial charge on any atom is 0.328 e. The maximum atomic E-state index is 11.7. The van der Waals surface area contributed by atoms with Gasteiger partial charge in [0.2, 0.25) is 0 Å². The van der Waals surface area contributed by atoms with Gasteiger partial charge < -0.3 is 20.5 Å². The van der Waals surface area contributed by atoms with Gasteiger partial charge in [-0.2, -0.15) is 0 Å². The summed E-state index contributed by atoms with van der Waals surface area (Å²) in [5, 5.41) is 8.81. The van der Waals surface area contributed by atoms with E-state index in [0.717, 1.165) is 0 Å². The number of carboxylic acids is 1. The summed E-state index contributed by atoms with van der Waals surface area (Å²) in [4.78, 5) is 24.2. The molecule has 1 aliphatic heterocycles. The predicted octanol–water partition coefficient (Wildman–Crippen LogP) is 0.865. The van der Waals surface area contributed by atoms with Gasteiger partial charge in [0.15, 0.2) is 0 Å². The van der Waals surface area contributed by atoms with Gasteiger partial charge in [-0.3, -0.25) is 4.79 Å². The van der Waals surface area contributed by atoms with Crippen molar-refractivity contribution < 1.29 is 19.4 Å². The molecule has 19 heavy (non-hydrogen) atoms. The Morgan fingerprint density at radius 2 is 2.21 bits per heavy atom. The van der Waals surface area contributed by atoms with Crippen LogP contribution in [-0.2, 0) is 14.3 Å². The average Bonchev–Trinajstić information content (AvgIpc) is 2.78. The first-order valence-electron chi connectivity index (χ1n) is 6.09. The van der Waals surface area contributed by atoms with Crippen molar-refractivity contribution >= 4 is 23.3 Å². The molecule has 3 N–H and O–H groups in total. The summed E-state index contributed by atoms with van der Waals surface area (Å²) in [5.74, 6) is -1.24. The summed E-state index contributed by atoms with van der Waals surface area (Å²) in [5.41, 5.74) is 7.09. The summed E-state index contributed by atoms with van der Waals surface area (Å²) in [7, 11) is 0. The minimum absolute atomic E-state index is 0.0574. The Hall–Kier alpha value is -2.24. The average molecular weight is 264 g/mol. The quantitative estimate of drug-likeness (QED) is 0.605. The molecule has 1 fully saturated rings. The number of anilines is 2. The van der Waals surface area contributed by atoms with Crippen LogP contribution in [-0.4, -0.2) is 36.2 Å². The maximum absolute atomic E-state index is 11.7. The number of aliphatic carboxylic acids is 1. The molecule has 0 aromatic heterocycles. The minimum Gasteiger partial charge on any atom is -0.481 e. The smallest absolute Gasteiger partial charge is 0.328 e. The predicted molar refractivity (Wildman–Crippen MR) is 69.8 cm³/mol. The molecule has 2 rings (SSSR count). The van der Waals surface area contributed by atoms with Crippen molar-refractivity contribution in [1.82, 2.24) is 0 Å². The number of hydrogen-bond acceptors (Lipinski definition) is 5. The van der Waals surface area contributed by atoms with E-state index in [2.05, 4.69) is 0 Å². The molecule has 0 amide bonds. The molecule has 1 aromatic rings. The molecule has 1 aliphatic rings. The van der Waals surface area contributed by atoms with E-state index < -0.39 is 12.0 Å². The number of nitrogens with zero attached hydrogens (tertiary/aromatic N) is 1. The summed E-state index contributed by atoms with van der Waals surface area (Å²) in [6.07, 6.45) is 0.491. The van der Waals surface area contributed by atoms with Gasteiger partial charge in [0.05, 0.1) is 24.4 Å². The third-order valence-electron chi connectivity index (χ3n) is 3.10. The normalized spacial score (nSPS) is 18.1. The molecule has 0 spiro atoms. The Morgan fingerprint density at radius 3 is 2.79 bits per heavy atom. The van der Waals surface area contributed by atoms with Crippen LogP contribution in [0.5, 0.6) is 0 Å². The van der Waals surface area contributed by atoms with Crippen LogP contribution < -0.4 is 10.6 Å². The van der Waals surface area contributed by atoms with Crippen molar-refractivity contribution in [3.8, 4) is 0 Å². The van der Waals surface area contributed by atoms with Crippen molar-refractivity contribution in [3.05, 3.63) is 24.3 Å². The highest BCUT2D eigenvalue weighted by atomic mass is 16.5. The number of carboxylic acid groups (broad SMARTS) is 1. The van der Waals surface area contributed by atoms with Crippen LogP contribution in [0.1, 0.15) is 12.8 Å². The molecule has 6 heteroatoms. The molecule has 0 saturated carbocycles. The monoisotopic (exact) mass is 264 g/mol. The standard InChI is InChI=1S/C13H16N2O4/c14-9-3-1-2-4-10(9)15(7-5-12(16)17)11-6-8-19-13(11)18/h1-4,11H,5-8,14H2,(H,16,17). The fraction of sp³-hybridized carbons (Fsp3) is 0.385. The third-order valence-corrected chi connectivity index (χ3v) is 3.10. The lowest BCUT2D eigenvalue weighted by Gasteiger charge is -2.29. The number of rotatable bonds is 5. The number of cyclic esters (lactones) is 1. The molecule has 0 bridgehead atoms. The number of hydrogen-bond donors (Lipinski definition) is 2. The Kier molecular flexibility index (Phi) is 3.89. The molecular weight excluding hydrogens is 248 g/mol. The zero-order chi connectivity index (χ0) is 13.8. The SMILES string of the molecule is Nc1ccccc1N(CCC(=O)O)C1CCOC1=O. The molecule has 102 valence electrons. The molecule has 6 nitrogen and oxygen atoms in total. The van der Waals surface area contributed by atoms with Crippen molar-refractivity contribution in [2.75, 3.05) is 23.8 Å². The van der Waals surface area contributed by atoms with E-state index in [0.29, 0.717) is 24.4 Å². The van der Waals surface area contributed by atoms with Crippen LogP contribution in [0.4, 0.5) is 11.4 Å². The highest BCUT2D eigenvalue weighted by molar-refractivity contribution is 5.84. The summed E-state index contributed by atoms with van der Waals surface area (Å²) < 4.78 is 4.95. The molecule has 0 radical (unpaired) electrons. The molecule has 1 atom stereocenters. The number of nitrogens with two attached hydrogens (primary N) is 1. The van der Waals surface area contributed by atoms with Gasteiger partial charge in [-0.15, -0.1) is 0 Å². The lowest BCUT2D eigenvalue weighted by Crippen LogP contribution is -2.40. The van der Waals surface area contributed by atoms with E-state index in [1.165, 1.54) is 0 Å². The van der Waals surface area contributed by atoms with Crippen LogP contribution >= 0.6 is 0 Å². The second kappa shape index (κ2) is 5.60. The Labute approximate surface area is 110 Å². The van der Waals surface area contributed by atoms with E-state index >= 15 is 0 Å². The van der Waals surface area contributed by atoms with Gasteiger partial charge >= 0.3 is 11.9 Å². The van der Waals surface area contributed by atoms with Gasteiger partial charge in [0.1, 0.15) is 6.04 Å². The summed E-state index contributed by atoms with van der Waals surface area (Å²) >= 11 is 0. The topological polar surface area (TPSA) is 92.9 Å². The zero-order valence-electron chi connectivity index (χ0n) is 10.4. The first-order valence-corrected chi connectivity index (χ1v) is 6.09. The summed E-state index contributed by atoms with van der Waals surface area (Å²) in [6, 6.07) is 6.65. The van der Waals surface area contributed by atoms with Crippen LogP contribution in [0.25, 0.3) is 0 Å². The molecular formula is C13H16N2O4. The van der Waals surface area contributed by atoms with Crippen molar-refractivity contribution in [1.29, 1.82) is 0 Å². The lowest BCUT2D eigenvalue weighted by atomic mass is 10.1.